The van der Waals surface area contributed by atoms with Gasteiger partial charge in [0.2, 0.25) is 0 Å². The van der Waals surface area contributed by atoms with E-state index in [0.29, 0.717) is 5.11 Å². The van der Waals surface area contributed by atoms with Gasteiger partial charge in [-0.15, -0.1) is 0 Å². The van der Waals surface area contributed by atoms with Crippen molar-refractivity contribution in [3.05, 3.63) is 88.5 Å². The van der Waals surface area contributed by atoms with Crippen LogP contribution in [0, 0.1) is 10.1 Å². The van der Waals surface area contributed by atoms with Crippen molar-refractivity contribution in [2.45, 2.75) is 12.6 Å². The lowest BCUT2D eigenvalue weighted by atomic mass is 10.0. The largest absolute Gasteiger partial charge is 0.348 e. The van der Waals surface area contributed by atoms with E-state index in [0.717, 1.165) is 30.0 Å². The number of fused-ring (bicyclic) bond motifs is 1. The Morgan fingerprint density at radius 3 is 2.70 bits per heavy atom. The molecule has 1 aliphatic heterocycles. The zero-order valence-electron chi connectivity index (χ0n) is 14.4. The van der Waals surface area contributed by atoms with Gasteiger partial charge in [-0.25, -0.2) is 0 Å². The zero-order valence-corrected chi connectivity index (χ0v) is 15.2. The van der Waals surface area contributed by atoms with Crippen LogP contribution in [0.15, 0.2) is 67.1 Å². The van der Waals surface area contributed by atoms with Gasteiger partial charge in [0.25, 0.3) is 5.69 Å². The molecule has 0 saturated carbocycles. The highest BCUT2D eigenvalue weighted by molar-refractivity contribution is 7.80. The predicted molar refractivity (Wildman–Crippen MR) is 107 cm³/mol. The lowest BCUT2D eigenvalue weighted by molar-refractivity contribution is -0.384. The molecule has 0 saturated heterocycles. The molecule has 0 fully saturated rings. The average Bonchev–Trinajstić information content (AvgIpc) is 3.17. The highest BCUT2D eigenvalue weighted by Crippen LogP contribution is 2.32. The quantitative estimate of drug-likeness (QED) is 0.426. The first-order valence-corrected chi connectivity index (χ1v) is 8.91. The van der Waals surface area contributed by atoms with Gasteiger partial charge in [0.05, 0.1) is 11.0 Å². The summed E-state index contributed by atoms with van der Waals surface area (Å²) in [5.74, 6) is 0. The van der Waals surface area contributed by atoms with E-state index in [1.807, 2.05) is 24.4 Å². The van der Waals surface area contributed by atoms with Crippen LogP contribution in [0.25, 0.3) is 0 Å². The van der Waals surface area contributed by atoms with E-state index in [9.17, 15) is 10.1 Å². The number of nitrogens with one attached hydrogen (secondary N) is 1. The molecular formula is C19H17N5O2S. The number of aromatic nitrogens is 2. The molecular weight excluding hydrogens is 362 g/mol. The molecule has 3 heterocycles. The van der Waals surface area contributed by atoms with Crippen molar-refractivity contribution in [3.8, 4) is 0 Å². The molecule has 8 heteroatoms. The van der Waals surface area contributed by atoms with Gasteiger partial charge in [0, 0.05) is 55.2 Å². The van der Waals surface area contributed by atoms with Crippen LogP contribution in [0.2, 0.25) is 0 Å². The van der Waals surface area contributed by atoms with Crippen molar-refractivity contribution in [1.29, 1.82) is 0 Å². The Morgan fingerprint density at radius 1 is 1.19 bits per heavy atom. The first-order chi connectivity index (χ1) is 13.1. The third-order valence-corrected chi connectivity index (χ3v) is 4.97. The van der Waals surface area contributed by atoms with E-state index in [-0.39, 0.29) is 11.7 Å². The van der Waals surface area contributed by atoms with Crippen molar-refractivity contribution in [2.24, 2.45) is 0 Å². The topological polar surface area (TPSA) is 76.2 Å². The maximum Gasteiger partial charge on any atom is 0.269 e. The number of rotatable bonds is 3. The molecule has 136 valence electrons. The number of hydrogen-bond acceptors (Lipinski definition) is 4. The summed E-state index contributed by atoms with van der Waals surface area (Å²) in [7, 11) is 0. The van der Waals surface area contributed by atoms with E-state index in [2.05, 4.69) is 32.0 Å². The summed E-state index contributed by atoms with van der Waals surface area (Å²) in [5.41, 5.74) is 2.99. The Balaban J connectivity index is 1.61. The molecule has 0 aliphatic carbocycles. The molecule has 0 unspecified atom stereocenters. The molecule has 2 aromatic heterocycles. The Kier molecular flexibility index (Phi) is 4.55. The fraction of sp³-hybridized carbons (Fsp3) is 0.158. The molecule has 7 nitrogen and oxygen atoms in total. The summed E-state index contributed by atoms with van der Waals surface area (Å²) in [6.45, 7) is 1.58. The molecule has 0 radical (unpaired) electrons. The monoisotopic (exact) mass is 379 g/mol. The van der Waals surface area contributed by atoms with Crippen LogP contribution >= 0.6 is 12.2 Å². The zero-order chi connectivity index (χ0) is 18.8. The van der Waals surface area contributed by atoms with Crippen LogP contribution in [-0.4, -0.2) is 31.0 Å². The van der Waals surface area contributed by atoms with Crippen LogP contribution in [0.4, 0.5) is 11.4 Å². The molecule has 1 N–H and O–H groups in total. The smallest absolute Gasteiger partial charge is 0.269 e. The van der Waals surface area contributed by atoms with Gasteiger partial charge in [-0.1, -0.05) is 6.07 Å². The van der Waals surface area contributed by atoms with Crippen molar-refractivity contribution >= 4 is 28.7 Å². The van der Waals surface area contributed by atoms with Gasteiger partial charge in [-0.3, -0.25) is 15.1 Å². The summed E-state index contributed by atoms with van der Waals surface area (Å²) in [5, 5.41) is 14.6. The van der Waals surface area contributed by atoms with Gasteiger partial charge in [0.15, 0.2) is 5.11 Å². The molecule has 1 atom stereocenters. The first kappa shape index (κ1) is 17.2. The Labute approximate surface area is 161 Å². The summed E-state index contributed by atoms with van der Waals surface area (Å²) < 4.78 is 2.22. The number of non-ortho nitro benzene ring substituents is 1. The summed E-state index contributed by atoms with van der Waals surface area (Å²) in [4.78, 5) is 16.8. The number of thiocarbonyl (C=S) groups is 1. The van der Waals surface area contributed by atoms with E-state index in [1.165, 1.54) is 12.1 Å². The molecule has 1 aromatic carbocycles. The Bertz CT molecular complexity index is 971. The Morgan fingerprint density at radius 2 is 2.00 bits per heavy atom. The number of anilines is 1. The van der Waals surface area contributed by atoms with Crippen LogP contribution in [0.1, 0.15) is 17.3 Å². The summed E-state index contributed by atoms with van der Waals surface area (Å²) in [6, 6.07) is 14.3. The molecule has 27 heavy (non-hydrogen) atoms. The summed E-state index contributed by atoms with van der Waals surface area (Å²) >= 11 is 5.67. The third-order valence-electron chi connectivity index (χ3n) is 4.63. The van der Waals surface area contributed by atoms with Crippen LogP contribution in [0.5, 0.6) is 0 Å². The number of nitro benzene ring substituents is 1. The van der Waals surface area contributed by atoms with Gasteiger partial charge in [-0.05, 0) is 48.1 Å². The number of nitrogens with zero attached hydrogens (tertiary/aromatic N) is 4. The highest BCUT2D eigenvalue weighted by Gasteiger charge is 2.30. The molecule has 0 amide bonds. The van der Waals surface area contributed by atoms with Crippen molar-refractivity contribution in [1.82, 2.24) is 14.5 Å². The second kappa shape index (κ2) is 7.16. The lowest BCUT2D eigenvalue weighted by Gasteiger charge is -2.38. The van der Waals surface area contributed by atoms with Gasteiger partial charge in [0.1, 0.15) is 0 Å². The number of benzene rings is 1. The van der Waals surface area contributed by atoms with Gasteiger partial charge < -0.3 is 14.8 Å². The first-order valence-electron chi connectivity index (χ1n) is 8.50. The van der Waals surface area contributed by atoms with E-state index >= 15 is 0 Å². The van der Waals surface area contributed by atoms with E-state index in [1.54, 1.807) is 18.3 Å². The number of pyridine rings is 1. The summed E-state index contributed by atoms with van der Waals surface area (Å²) in [6.07, 6.45) is 5.68. The van der Waals surface area contributed by atoms with Crippen LogP contribution in [0.3, 0.4) is 0 Å². The second-order valence-corrected chi connectivity index (χ2v) is 6.63. The lowest BCUT2D eigenvalue weighted by Crippen LogP contribution is -2.44. The number of nitro groups is 1. The van der Waals surface area contributed by atoms with Crippen molar-refractivity contribution in [3.63, 3.8) is 0 Å². The van der Waals surface area contributed by atoms with Crippen LogP contribution < -0.4 is 5.32 Å². The average molecular weight is 379 g/mol. The standard InChI is InChI=1S/C19H17N5O2S/c25-24(26)16-7-5-15(6-8-16)21-19(27)23-12-11-22-10-2-4-17(22)18(23)14-3-1-9-20-13-14/h1-10,13,18H,11-12H2,(H,21,27)/t18-/m1/s1. The molecule has 4 rings (SSSR count). The van der Waals surface area contributed by atoms with E-state index < -0.39 is 4.92 Å². The highest BCUT2D eigenvalue weighted by atomic mass is 32.1. The molecule has 0 spiro atoms. The van der Waals surface area contributed by atoms with Crippen molar-refractivity contribution in [2.75, 3.05) is 11.9 Å². The minimum absolute atomic E-state index is 0.0412. The Hall–Kier alpha value is -3.26. The molecule has 1 aliphatic rings. The molecule has 3 aromatic rings. The molecule has 0 bridgehead atoms. The second-order valence-electron chi connectivity index (χ2n) is 6.24. The maximum absolute atomic E-state index is 10.8. The minimum atomic E-state index is -0.417. The fourth-order valence-corrected chi connectivity index (χ4v) is 3.67. The van der Waals surface area contributed by atoms with Crippen LogP contribution in [-0.2, 0) is 6.54 Å². The predicted octanol–water partition coefficient (Wildman–Crippen LogP) is 3.59. The third kappa shape index (κ3) is 3.39. The number of hydrogen-bond donors (Lipinski definition) is 1. The SMILES string of the molecule is O=[N+]([O-])c1ccc(NC(=S)N2CCn3cccc3[C@H]2c2cccnc2)cc1. The van der Waals surface area contributed by atoms with E-state index in [4.69, 9.17) is 12.2 Å². The maximum atomic E-state index is 10.8. The minimum Gasteiger partial charge on any atom is -0.348 e. The van der Waals surface area contributed by atoms with Gasteiger partial charge >= 0.3 is 0 Å². The normalized spacial score (nSPS) is 15.9. The van der Waals surface area contributed by atoms with Crippen molar-refractivity contribution < 1.29 is 4.92 Å². The fourth-order valence-electron chi connectivity index (χ4n) is 3.35. The van der Waals surface area contributed by atoms with Gasteiger partial charge in [-0.2, -0.15) is 0 Å².